The molecule has 0 fully saturated rings. The second-order valence-corrected chi connectivity index (χ2v) is 4.87. The molecule has 0 radical (unpaired) electrons. The predicted octanol–water partition coefficient (Wildman–Crippen LogP) is 4.69. The maximum atomic E-state index is 8.84. The van der Waals surface area contributed by atoms with Crippen LogP contribution in [0.15, 0.2) is 34.8 Å². The lowest BCUT2D eigenvalue weighted by Crippen LogP contribution is -1.90. The molecule has 0 bridgehead atoms. The van der Waals surface area contributed by atoms with Crippen molar-refractivity contribution >= 4 is 39.1 Å². The Morgan fingerprint density at radius 1 is 1.24 bits per heavy atom. The third-order valence-electron chi connectivity index (χ3n) is 2.18. The van der Waals surface area contributed by atoms with Crippen LogP contribution in [0, 0.1) is 11.3 Å². The standard InChI is InChI=1S/C12H5BrCl2N2/c13-9-5-7(6-16)12(15)17-11(9)8-3-1-2-4-10(8)14/h1-5H. The zero-order valence-electron chi connectivity index (χ0n) is 8.42. The van der Waals surface area contributed by atoms with E-state index in [0.29, 0.717) is 20.8 Å². The van der Waals surface area contributed by atoms with E-state index in [9.17, 15) is 0 Å². The molecule has 17 heavy (non-hydrogen) atoms. The molecule has 1 heterocycles. The monoisotopic (exact) mass is 326 g/mol. The van der Waals surface area contributed by atoms with Crippen molar-refractivity contribution in [2.75, 3.05) is 0 Å². The van der Waals surface area contributed by atoms with E-state index in [1.54, 1.807) is 12.1 Å². The van der Waals surface area contributed by atoms with Gasteiger partial charge in [0.15, 0.2) is 0 Å². The van der Waals surface area contributed by atoms with E-state index in [0.717, 1.165) is 5.56 Å². The molecule has 84 valence electrons. The highest BCUT2D eigenvalue weighted by atomic mass is 79.9. The molecule has 2 aromatic rings. The highest BCUT2D eigenvalue weighted by molar-refractivity contribution is 9.10. The number of halogens is 3. The minimum Gasteiger partial charge on any atom is -0.233 e. The number of nitriles is 1. The van der Waals surface area contributed by atoms with Crippen molar-refractivity contribution < 1.29 is 0 Å². The van der Waals surface area contributed by atoms with E-state index >= 15 is 0 Å². The molecule has 5 heteroatoms. The maximum Gasteiger partial charge on any atom is 0.147 e. The lowest BCUT2D eigenvalue weighted by Gasteiger charge is -2.07. The van der Waals surface area contributed by atoms with Crippen molar-refractivity contribution in [2.45, 2.75) is 0 Å². The number of pyridine rings is 1. The van der Waals surface area contributed by atoms with Crippen molar-refractivity contribution in [3.8, 4) is 17.3 Å². The van der Waals surface area contributed by atoms with Crippen LogP contribution in [0.2, 0.25) is 10.2 Å². The van der Waals surface area contributed by atoms with Crippen LogP contribution in [-0.4, -0.2) is 4.98 Å². The van der Waals surface area contributed by atoms with Crippen LogP contribution in [0.3, 0.4) is 0 Å². The number of benzene rings is 1. The Balaban J connectivity index is 2.66. The fraction of sp³-hybridized carbons (Fsp3) is 0. The first-order valence-electron chi connectivity index (χ1n) is 4.64. The normalized spacial score (nSPS) is 10.0. The quantitative estimate of drug-likeness (QED) is 0.712. The second-order valence-electron chi connectivity index (χ2n) is 3.25. The first-order chi connectivity index (χ1) is 8.13. The molecule has 0 aliphatic carbocycles. The van der Waals surface area contributed by atoms with Gasteiger partial charge in [-0.15, -0.1) is 0 Å². The van der Waals surface area contributed by atoms with Crippen LogP contribution < -0.4 is 0 Å². The lowest BCUT2D eigenvalue weighted by molar-refractivity contribution is 1.28. The Hall–Kier alpha value is -1.08. The van der Waals surface area contributed by atoms with Crippen LogP contribution in [0.1, 0.15) is 5.56 Å². The van der Waals surface area contributed by atoms with Crippen molar-refractivity contribution in [2.24, 2.45) is 0 Å². The number of hydrogen-bond acceptors (Lipinski definition) is 2. The molecular formula is C12H5BrCl2N2. The number of rotatable bonds is 1. The molecule has 1 aromatic heterocycles. The summed E-state index contributed by atoms with van der Waals surface area (Å²) in [6.07, 6.45) is 0. The largest absolute Gasteiger partial charge is 0.233 e. The molecule has 2 nitrogen and oxygen atoms in total. The summed E-state index contributed by atoms with van der Waals surface area (Å²) in [6, 6.07) is 10.9. The summed E-state index contributed by atoms with van der Waals surface area (Å²) in [6.45, 7) is 0. The average molecular weight is 328 g/mol. The van der Waals surface area contributed by atoms with Gasteiger partial charge in [-0.1, -0.05) is 41.4 Å². The van der Waals surface area contributed by atoms with Gasteiger partial charge in [-0.3, -0.25) is 0 Å². The van der Waals surface area contributed by atoms with E-state index in [4.69, 9.17) is 28.5 Å². The highest BCUT2D eigenvalue weighted by Gasteiger charge is 2.12. The van der Waals surface area contributed by atoms with Gasteiger partial charge in [0.25, 0.3) is 0 Å². The minimum atomic E-state index is 0.172. The van der Waals surface area contributed by atoms with Gasteiger partial charge < -0.3 is 0 Å². The molecule has 2 rings (SSSR count). The fourth-order valence-electron chi connectivity index (χ4n) is 1.39. The Morgan fingerprint density at radius 2 is 1.94 bits per heavy atom. The zero-order valence-corrected chi connectivity index (χ0v) is 11.5. The van der Waals surface area contributed by atoms with E-state index in [1.807, 2.05) is 24.3 Å². The fourth-order valence-corrected chi connectivity index (χ4v) is 2.32. The van der Waals surface area contributed by atoms with E-state index in [2.05, 4.69) is 20.9 Å². The first-order valence-corrected chi connectivity index (χ1v) is 6.19. The van der Waals surface area contributed by atoms with Crippen LogP contribution in [-0.2, 0) is 0 Å². The summed E-state index contributed by atoms with van der Waals surface area (Å²) >= 11 is 15.4. The molecular weight excluding hydrogens is 323 g/mol. The molecule has 0 atom stereocenters. The number of aromatic nitrogens is 1. The molecule has 1 aromatic carbocycles. The van der Waals surface area contributed by atoms with E-state index in [1.165, 1.54) is 0 Å². The molecule has 0 saturated carbocycles. The molecule has 0 N–H and O–H groups in total. The Morgan fingerprint density at radius 3 is 2.59 bits per heavy atom. The second kappa shape index (κ2) is 5.05. The summed E-state index contributed by atoms with van der Waals surface area (Å²) in [4.78, 5) is 4.19. The predicted molar refractivity (Wildman–Crippen MR) is 72.1 cm³/mol. The minimum absolute atomic E-state index is 0.172. The van der Waals surface area contributed by atoms with Crippen molar-refractivity contribution in [3.05, 3.63) is 50.5 Å². The molecule has 0 aliphatic rings. The third-order valence-corrected chi connectivity index (χ3v) is 3.40. The van der Waals surface area contributed by atoms with Gasteiger partial charge in [-0.25, -0.2) is 4.98 Å². The highest BCUT2D eigenvalue weighted by Crippen LogP contribution is 2.33. The lowest BCUT2D eigenvalue weighted by atomic mass is 10.1. The van der Waals surface area contributed by atoms with Gasteiger partial charge in [0.05, 0.1) is 11.3 Å². The molecule has 0 unspecified atom stereocenters. The molecule has 0 aliphatic heterocycles. The average Bonchev–Trinajstić information content (AvgIpc) is 2.32. The summed E-state index contributed by atoms with van der Waals surface area (Å²) in [5, 5.41) is 9.59. The van der Waals surface area contributed by atoms with Crippen LogP contribution in [0.4, 0.5) is 0 Å². The van der Waals surface area contributed by atoms with Gasteiger partial charge in [-0.05, 0) is 28.1 Å². The molecule has 0 spiro atoms. The summed E-state index contributed by atoms with van der Waals surface area (Å²) in [7, 11) is 0. The first kappa shape index (κ1) is 12.4. The van der Waals surface area contributed by atoms with Crippen molar-refractivity contribution in [1.29, 1.82) is 5.26 Å². The van der Waals surface area contributed by atoms with Crippen molar-refractivity contribution in [1.82, 2.24) is 4.98 Å². The van der Waals surface area contributed by atoms with Crippen LogP contribution in [0.25, 0.3) is 11.3 Å². The van der Waals surface area contributed by atoms with Gasteiger partial charge in [0.2, 0.25) is 0 Å². The van der Waals surface area contributed by atoms with Gasteiger partial charge in [0, 0.05) is 15.1 Å². The molecule has 0 amide bonds. The number of nitrogens with zero attached hydrogens (tertiary/aromatic N) is 2. The Bertz CT molecular complexity index is 620. The molecule has 0 saturated heterocycles. The third kappa shape index (κ3) is 2.44. The summed E-state index contributed by atoms with van der Waals surface area (Å²) in [5.74, 6) is 0. The van der Waals surface area contributed by atoms with Crippen molar-refractivity contribution in [3.63, 3.8) is 0 Å². The van der Waals surface area contributed by atoms with Crippen LogP contribution in [0.5, 0.6) is 0 Å². The van der Waals surface area contributed by atoms with E-state index < -0.39 is 0 Å². The Kier molecular flexibility index (Phi) is 3.68. The smallest absolute Gasteiger partial charge is 0.147 e. The van der Waals surface area contributed by atoms with Crippen LogP contribution >= 0.6 is 39.1 Å². The summed E-state index contributed by atoms with van der Waals surface area (Å²) in [5.41, 5.74) is 1.72. The van der Waals surface area contributed by atoms with Gasteiger partial charge >= 0.3 is 0 Å². The SMILES string of the molecule is N#Cc1cc(Br)c(-c2ccccc2Cl)nc1Cl. The summed E-state index contributed by atoms with van der Waals surface area (Å²) < 4.78 is 0.687. The van der Waals surface area contributed by atoms with Gasteiger partial charge in [0.1, 0.15) is 11.2 Å². The topological polar surface area (TPSA) is 36.7 Å². The zero-order chi connectivity index (χ0) is 12.4. The van der Waals surface area contributed by atoms with Gasteiger partial charge in [-0.2, -0.15) is 5.26 Å². The van der Waals surface area contributed by atoms with E-state index in [-0.39, 0.29) is 5.15 Å². The number of hydrogen-bond donors (Lipinski definition) is 0. The maximum absolute atomic E-state index is 8.84. The Labute approximate surface area is 117 Å².